The highest BCUT2D eigenvalue weighted by molar-refractivity contribution is 4.89. The Morgan fingerprint density at radius 3 is 2.54 bits per heavy atom. The second kappa shape index (κ2) is 3.97. The van der Waals surface area contributed by atoms with Gasteiger partial charge in [0.1, 0.15) is 0 Å². The summed E-state index contributed by atoms with van der Waals surface area (Å²) in [5, 5.41) is 19.1. The van der Waals surface area contributed by atoms with Gasteiger partial charge in [0.05, 0.1) is 6.10 Å². The topological polar surface area (TPSA) is 40.5 Å². The summed E-state index contributed by atoms with van der Waals surface area (Å²) in [6.07, 6.45) is 7.14. The minimum Gasteiger partial charge on any atom is -0.396 e. The van der Waals surface area contributed by atoms with Crippen LogP contribution < -0.4 is 0 Å². The zero-order valence-electron chi connectivity index (χ0n) is 8.15. The van der Waals surface area contributed by atoms with Crippen molar-refractivity contribution in [2.45, 2.75) is 44.6 Å². The number of hydrogen-bond donors (Lipinski definition) is 2. The fourth-order valence-corrected chi connectivity index (χ4v) is 3.19. The number of aliphatic hydroxyl groups is 2. The highest BCUT2D eigenvalue weighted by atomic mass is 16.3. The molecule has 4 atom stereocenters. The minimum atomic E-state index is -0.218. The van der Waals surface area contributed by atoms with Gasteiger partial charge in [-0.2, -0.15) is 0 Å². The van der Waals surface area contributed by atoms with E-state index in [9.17, 15) is 5.11 Å². The molecule has 2 aliphatic rings. The van der Waals surface area contributed by atoms with Crippen LogP contribution in [0.1, 0.15) is 38.5 Å². The number of aliphatic hydroxyl groups excluding tert-OH is 2. The maximum atomic E-state index is 10.0. The predicted octanol–water partition coefficient (Wildman–Crippen LogP) is 1.56. The van der Waals surface area contributed by atoms with Crippen LogP contribution >= 0.6 is 0 Å². The van der Waals surface area contributed by atoms with E-state index in [2.05, 4.69) is 0 Å². The van der Waals surface area contributed by atoms with Crippen molar-refractivity contribution in [3.8, 4) is 0 Å². The van der Waals surface area contributed by atoms with Crippen LogP contribution in [0.2, 0.25) is 0 Å². The van der Waals surface area contributed by atoms with E-state index < -0.39 is 0 Å². The highest BCUT2D eigenvalue weighted by Crippen LogP contribution is 2.42. The van der Waals surface area contributed by atoms with Gasteiger partial charge in [-0.15, -0.1) is 0 Å². The zero-order chi connectivity index (χ0) is 9.26. The Kier molecular flexibility index (Phi) is 2.89. The van der Waals surface area contributed by atoms with Crippen molar-refractivity contribution in [1.82, 2.24) is 0 Å². The highest BCUT2D eigenvalue weighted by Gasteiger charge is 2.38. The molecule has 2 nitrogen and oxygen atoms in total. The standard InChI is InChI=1S/C11H20O2/c12-7-9-6-5-8-3-1-2-4-10(8)11(9)13/h8-13H,1-7H2. The summed E-state index contributed by atoms with van der Waals surface area (Å²) in [4.78, 5) is 0. The molecule has 2 N–H and O–H groups in total. The first-order valence-electron chi connectivity index (χ1n) is 5.62. The van der Waals surface area contributed by atoms with Crippen LogP contribution in [0.3, 0.4) is 0 Å². The molecule has 0 aromatic heterocycles. The average molecular weight is 184 g/mol. The lowest BCUT2D eigenvalue weighted by Gasteiger charge is -2.42. The Balaban J connectivity index is 2.01. The summed E-state index contributed by atoms with van der Waals surface area (Å²) in [6, 6.07) is 0. The van der Waals surface area contributed by atoms with Crippen LogP contribution in [-0.2, 0) is 0 Å². The maximum Gasteiger partial charge on any atom is 0.0621 e. The van der Waals surface area contributed by atoms with Gasteiger partial charge in [-0.3, -0.25) is 0 Å². The van der Waals surface area contributed by atoms with Gasteiger partial charge in [0.15, 0.2) is 0 Å². The van der Waals surface area contributed by atoms with E-state index in [4.69, 9.17) is 5.11 Å². The van der Waals surface area contributed by atoms with Crippen molar-refractivity contribution < 1.29 is 10.2 Å². The van der Waals surface area contributed by atoms with Crippen LogP contribution in [0.5, 0.6) is 0 Å². The molecule has 2 fully saturated rings. The Bertz CT molecular complexity index is 169. The van der Waals surface area contributed by atoms with Crippen molar-refractivity contribution in [3.63, 3.8) is 0 Å². The molecule has 76 valence electrons. The number of hydrogen-bond acceptors (Lipinski definition) is 2. The largest absolute Gasteiger partial charge is 0.396 e. The van der Waals surface area contributed by atoms with Crippen LogP contribution in [-0.4, -0.2) is 22.9 Å². The van der Waals surface area contributed by atoms with Gasteiger partial charge in [0, 0.05) is 12.5 Å². The van der Waals surface area contributed by atoms with E-state index in [0.29, 0.717) is 5.92 Å². The average Bonchev–Trinajstić information content (AvgIpc) is 2.19. The Hall–Kier alpha value is -0.0800. The quantitative estimate of drug-likeness (QED) is 0.649. The minimum absolute atomic E-state index is 0.166. The summed E-state index contributed by atoms with van der Waals surface area (Å²) in [5.41, 5.74) is 0. The molecule has 0 spiro atoms. The smallest absolute Gasteiger partial charge is 0.0621 e. The molecular formula is C11H20O2. The summed E-state index contributed by atoms with van der Waals surface area (Å²) >= 11 is 0. The van der Waals surface area contributed by atoms with Gasteiger partial charge in [-0.25, -0.2) is 0 Å². The monoisotopic (exact) mass is 184 g/mol. The van der Waals surface area contributed by atoms with Gasteiger partial charge in [0.2, 0.25) is 0 Å². The van der Waals surface area contributed by atoms with Gasteiger partial charge >= 0.3 is 0 Å². The summed E-state index contributed by atoms with van der Waals surface area (Å²) in [6.45, 7) is 0.171. The van der Waals surface area contributed by atoms with Gasteiger partial charge in [-0.05, 0) is 31.1 Å². The summed E-state index contributed by atoms with van der Waals surface area (Å²) < 4.78 is 0. The molecule has 0 heterocycles. The first-order valence-corrected chi connectivity index (χ1v) is 5.62. The lowest BCUT2D eigenvalue weighted by molar-refractivity contribution is -0.0489. The third-order valence-electron chi connectivity index (χ3n) is 4.03. The first kappa shape index (κ1) is 9.47. The summed E-state index contributed by atoms with van der Waals surface area (Å²) in [7, 11) is 0. The molecule has 0 bridgehead atoms. The van der Waals surface area contributed by atoms with Gasteiger partial charge < -0.3 is 10.2 Å². The molecule has 2 saturated carbocycles. The van der Waals surface area contributed by atoms with Crippen molar-refractivity contribution in [1.29, 1.82) is 0 Å². The van der Waals surface area contributed by atoms with E-state index in [-0.39, 0.29) is 18.6 Å². The van der Waals surface area contributed by atoms with Gasteiger partial charge in [0.25, 0.3) is 0 Å². The first-order chi connectivity index (χ1) is 6.33. The third kappa shape index (κ3) is 1.75. The molecule has 0 radical (unpaired) electrons. The van der Waals surface area contributed by atoms with Crippen molar-refractivity contribution in [3.05, 3.63) is 0 Å². The van der Waals surface area contributed by atoms with E-state index in [1.165, 1.54) is 32.1 Å². The molecule has 2 aliphatic carbocycles. The fraction of sp³-hybridized carbons (Fsp3) is 1.00. The molecule has 0 amide bonds. The molecule has 0 aromatic rings. The Labute approximate surface area is 80.0 Å². The van der Waals surface area contributed by atoms with E-state index >= 15 is 0 Å². The predicted molar refractivity (Wildman–Crippen MR) is 51.3 cm³/mol. The molecule has 2 heteroatoms. The molecule has 0 aliphatic heterocycles. The van der Waals surface area contributed by atoms with E-state index in [1.807, 2.05) is 0 Å². The van der Waals surface area contributed by atoms with E-state index in [0.717, 1.165) is 12.3 Å². The van der Waals surface area contributed by atoms with Gasteiger partial charge in [-0.1, -0.05) is 19.3 Å². The molecule has 0 aromatic carbocycles. The van der Waals surface area contributed by atoms with Crippen LogP contribution in [0.25, 0.3) is 0 Å². The fourth-order valence-electron chi connectivity index (χ4n) is 3.19. The molecular weight excluding hydrogens is 164 g/mol. The van der Waals surface area contributed by atoms with Crippen molar-refractivity contribution in [2.24, 2.45) is 17.8 Å². The lowest BCUT2D eigenvalue weighted by atomic mass is 9.66. The maximum absolute atomic E-state index is 10.0. The molecule has 4 unspecified atom stereocenters. The normalized spacial score (nSPS) is 45.7. The van der Waals surface area contributed by atoms with E-state index in [1.54, 1.807) is 0 Å². The second-order valence-electron chi connectivity index (χ2n) is 4.72. The molecule has 2 rings (SSSR count). The Morgan fingerprint density at radius 2 is 1.77 bits per heavy atom. The lowest BCUT2D eigenvalue weighted by Crippen LogP contribution is -2.41. The third-order valence-corrected chi connectivity index (χ3v) is 4.03. The second-order valence-corrected chi connectivity index (χ2v) is 4.72. The summed E-state index contributed by atoms with van der Waals surface area (Å²) in [5.74, 6) is 1.42. The molecule has 13 heavy (non-hydrogen) atoms. The number of fused-ring (bicyclic) bond motifs is 1. The zero-order valence-corrected chi connectivity index (χ0v) is 8.15. The van der Waals surface area contributed by atoms with Crippen LogP contribution in [0.4, 0.5) is 0 Å². The van der Waals surface area contributed by atoms with Crippen LogP contribution in [0, 0.1) is 17.8 Å². The van der Waals surface area contributed by atoms with Crippen molar-refractivity contribution >= 4 is 0 Å². The van der Waals surface area contributed by atoms with Crippen LogP contribution in [0.15, 0.2) is 0 Å². The SMILES string of the molecule is OCC1CCC2CCCCC2C1O. The van der Waals surface area contributed by atoms with Crippen molar-refractivity contribution in [2.75, 3.05) is 6.61 Å². The number of rotatable bonds is 1. The molecule has 0 saturated heterocycles. The Morgan fingerprint density at radius 1 is 1.00 bits per heavy atom.